The molecule has 0 fully saturated rings. The van der Waals surface area contributed by atoms with Crippen molar-refractivity contribution in [3.05, 3.63) is 35.4 Å². The molecule has 0 spiro atoms. The van der Waals surface area contributed by atoms with Gasteiger partial charge >= 0.3 is 11.9 Å². The first-order valence-corrected chi connectivity index (χ1v) is 11.4. The van der Waals surface area contributed by atoms with Crippen LogP contribution in [0.3, 0.4) is 0 Å². The van der Waals surface area contributed by atoms with E-state index >= 15 is 0 Å². The van der Waals surface area contributed by atoms with Gasteiger partial charge in [0.15, 0.2) is 0 Å². The fraction of sp³-hybridized carbons (Fsp3) is 0.680. The lowest BCUT2D eigenvalue weighted by Crippen LogP contribution is -2.28. The number of benzene rings is 1. The number of hydrogen-bond acceptors (Lipinski definition) is 3. The molecule has 1 aromatic carbocycles. The third kappa shape index (κ3) is 9.47. The van der Waals surface area contributed by atoms with Crippen molar-refractivity contribution in [1.82, 2.24) is 0 Å². The van der Waals surface area contributed by atoms with Crippen molar-refractivity contribution < 1.29 is 19.4 Å². The Labute approximate surface area is 177 Å². The van der Waals surface area contributed by atoms with Crippen LogP contribution in [0.1, 0.15) is 113 Å². The highest BCUT2D eigenvalue weighted by Gasteiger charge is 2.26. The van der Waals surface area contributed by atoms with Crippen LogP contribution in [-0.4, -0.2) is 23.1 Å². The van der Waals surface area contributed by atoms with Crippen LogP contribution in [0.2, 0.25) is 0 Å². The molecule has 1 N–H and O–H groups in total. The predicted octanol–water partition coefficient (Wildman–Crippen LogP) is 7.12. The maximum Gasteiger partial charge on any atom is 0.339 e. The fourth-order valence-corrected chi connectivity index (χ4v) is 3.81. The zero-order valence-electron chi connectivity index (χ0n) is 18.8. The number of rotatable bonds is 15. The highest BCUT2D eigenvalue weighted by atomic mass is 16.5. The second-order valence-electron chi connectivity index (χ2n) is 8.49. The molecule has 0 radical (unpaired) electrons. The van der Waals surface area contributed by atoms with Crippen molar-refractivity contribution in [2.75, 3.05) is 0 Å². The average Bonchev–Trinajstić information content (AvgIpc) is 2.70. The van der Waals surface area contributed by atoms with Crippen LogP contribution in [0.15, 0.2) is 24.3 Å². The van der Waals surface area contributed by atoms with E-state index in [1.807, 2.05) is 0 Å². The number of aromatic carboxylic acids is 1. The van der Waals surface area contributed by atoms with E-state index in [1.165, 1.54) is 25.3 Å². The average molecular weight is 405 g/mol. The van der Waals surface area contributed by atoms with Gasteiger partial charge in [-0.1, -0.05) is 78.4 Å². The molecule has 2 unspecified atom stereocenters. The molecular weight excluding hydrogens is 364 g/mol. The molecule has 0 saturated heterocycles. The summed E-state index contributed by atoms with van der Waals surface area (Å²) in [5, 5.41) is 9.38. The lowest BCUT2D eigenvalue weighted by atomic mass is 9.89. The molecule has 0 saturated carbocycles. The molecule has 1 aromatic rings. The number of esters is 1. The number of ether oxygens (including phenoxy) is 1. The summed E-state index contributed by atoms with van der Waals surface area (Å²) in [4.78, 5) is 24.3. The summed E-state index contributed by atoms with van der Waals surface area (Å²) >= 11 is 0. The van der Waals surface area contributed by atoms with Crippen LogP contribution < -0.4 is 0 Å². The Morgan fingerprint density at radius 3 is 2.07 bits per heavy atom. The molecule has 0 heterocycles. The standard InChI is InChI=1S/C25H40O4/c1-5-7-15-20(6-2)23(18-11-9-8-10-14-19(3)4)29-25(28)22-17-13-12-16-21(22)24(26)27/h12-13,16-17,19-20,23H,5-11,14-15,18H2,1-4H3,(H,26,27). The Bertz CT molecular complexity index is 609. The third-order valence-electron chi connectivity index (χ3n) is 5.63. The Morgan fingerprint density at radius 1 is 0.897 bits per heavy atom. The van der Waals surface area contributed by atoms with E-state index in [4.69, 9.17) is 4.74 Å². The number of carbonyl (C=O) groups excluding carboxylic acids is 1. The molecule has 2 atom stereocenters. The molecule has 1 rings (SSSR count). The first-order chi connectivity index (χ1) is 13.9. The van der Waals surface area contributed by atoms with E-state index in [0.717, 1.165) is 50.9 Å². The minimum Gasteiger partial charge on any atom is -0.478 e. The molecule has 0 aromatic heterocycles. The lowest BCUT2D eigenvalue weighted by molar-refractivity contribution is 0.00743. The third-order valence-corrected chi connectivity index (χ3v) is 5.63. The zero-order valence-corrected chi connectivity index (χ0v) is 18.8. The molecule has 4 heteroatoms. The van der Waals surface area contributed by atoms with Crippen molar-refractivity contribution in [2.24, 2.45) is 11.8 Å². The van der Waals surface area contributed by atoms with Gasteiger partial charge in [-0.25, -0.2) is 9.59 Å². The van der Waals surface area contributed by atoms with Gasteiger partial charge in [0.1, 0.15) is 6.10 Å². The molecular formula is C25H40O4. The largest absolute Gasteiger partial charge is 0.478 e. The van der Waals surface area contributed by atoms with E-state index in [0.29, 0.717) is 5.92 Å². The van der Waals surface area contributed by atoms with Crippen molar-refractivity contribution in [1.29, 1.82) is 0 Å². The van der Waals surface area contributed by atoms with Crippen LogP contribution in [0.4, 0.5) is 0 Å². The van der Waals surface area contributed by atoms with Gasteiger partial charge in [0, 0.05) is 0 Å². The maximum absolute atomic E-state index is 12.8. The van der Waals surface area contributed by atoms with Crippen molar-refractivity contribution in [2.45, 2.75) is 98.0 Å². The molecule has 29 heavy (non-hydrogen) atoms. The van der Waals surface area contributed by atoms with Crippen LogP contribution >= 0.6 is 0 Å². The maximum atomic E-state index is 12.8. The molecule has 0 aliphatic carbocycles. The van der Waals surface area contributed by atoms with Gasteiger partial charge in [-0.3, -0.25) is 0 Å². The number of carboxylic acid groups (broad SMARTS) is 1. The second kappa shape index (κ2) is 14.2. The fourth-order valence-electron chi connectivity index (χ4n) is 3.81. The first-order valence-electron chi connectivity index (χ1n) is 11.4. The van der Waals surface area contributed by atoms with Gasteiger partial charge in [-0.2, -0.15) is 0 Å². The minimum atomic E-state index is -1.10. The van der Waals surface area contributed by atoms with E-state index in [2.05, 4.69) is 27.7 Å². The molecule has 4 nitrogen and oxygen atoms in total. The van der Waals surface area contributed by atoms with E-state index in [-0.39, 0.29) is 17.2 Å². The van der Waals surface area contributed by atoms with Gasteiger partial charge in [-0.15, -0.1) is 0 Å². The molecule has 164 valence electrons. The number of carbonyl (C=O) groups is 2. The van der Waals surface area contributed by atoms with Crippen molar-refractivity contribution in [3.63, 3.8) is 0 Å². The number of hydrogen-bond donors (Lipinski definition) is 1. The van der Waals surface area contributed by atoms with E-state index in [9.17, 15) is 14.7 Å². The highest BCUT2D eigenvalue weighted by Crippen LogP contribution is 2.26. The monoisotopic (exact) mass is 404 g/mol. The number of unbranched alkanes of at least 4 members (excludes halogenated alkanes) is 4. The molecule has 0 bridgehead atoms. The lowest BCUT2D eigenvalue weighted by Gasteiger charge is -2.27. The molecule has 0 aliphatic heterocycles. The van der Waals surface area contributed by atoms with Crippen LogP contribution in [0, 0.1) is 11.8 Å². The number of carboxylic acids is 1. The van der Waals surface area contributed by atoms with Crippen molar-refractivity contribution >= 4 is 11.9 Å². The smallest absolute Gasteiger partial charge is 0.339 e. The minimum absolute atomic E-state index is 0.00606. The SMILES string of the molecule is CCCCC(CC)C(CCCCCCC(C)C)OC(=O)c1ccccc1C(=O)O. The van der Waals surface area contributed by atoms with Crippen LogP contribution in [-0.2, 0) is 4.74 Å². The summed E-state index contributed by atoms with van der Waals surface area (Å²) < 4.78 is 5.92. The zero-order chi connectivity index (χ0) is 21.6. The quantitative estimate of drug-likeness (QED) is 0.249. The van der Waals surface area contributed by atoms with Crippen LogP contribution in [0.5, 0.6) is 0 Å². The van der Waals surface area contributed by atoms with Gasteiger partial charge in [0.05, 0.1) is 11.1 Å². The van der Waals surface area contributed by atoms with Gasteiger partial charge in [0.25, 0.3) is 0 Å². The summed E-state index contributed by atoms with van der Waals surface area (Å²) in [6, 6.07) is 6.31. The normalized spacial score (nSPS) is 13.3. The topological polar surface area (TPSA) is 63.6 Å². The molecule has 0 amide bonds. The summed E-state index contributed by atoms with van der Waals surface area (Å²) in [5.74, 6) is -0.539. The Hall–Kier alpha value is -1.84. The summed E-state index contributed by atoms with van der Waals surface area (Å²) in [6.07, 6.45) is 10.9. The Kier molecular flexibility index (Phi) is 12.3. The Morgan fingerprint density at radius 2 is 1.52 bits per heavy atom. The summed E-state index contributed by atoms with van der Waals surface area (Å²) in [5.41, 5.74) is 0.152. The van der Waals surface area contributed by atoms with Gasteiger partial charge in [-0.05, 0) is 49.7 Å². The summed E-state index contributed by atoms with van der Waals surface area (Å²) in [6.45, 7) is 8.83. The van der Waals surface area contributed by atoms with Crippen LogP contribution in [0.25, 0.3) is 0 Å². The second-order valence-corrected chi connectivity index (χ2v) is 8.49. The Balaban J connectivity index is 2.77. The van der Waals surface area contributed by atoms with Gasteiger partial charge < -0.3 is 9.84 Å². The van der Waals surface area contributed by atoms with Crippen molar-refractivity contribution in [3.8, 4) is 0 Å². The van der Waals surface area contributed by atoms with E-state index in [1.54, 1.807) is 18.2 Å². The first kappa shape index (κ1) is 25.2. The molecule has 0 aliphatic rings. The predicted molar refractivity (Wildman–Crippen MR) is 118 cm³/mol. The van der Waals surface area contributed by atoms with E-state index < -0.39 is 11.9 Å². The summed E-state index contributed by atoms with van der Waals surface area (Å²) in [7, 11) is 0. The highest BCUT2D eigenvalue weighted by molar-refractivity contribution is 6.02. The van der Waals surface area contributed by atoms with Gasteiger partial charge in [0.2, 0.25) is 0 Å².